The maximum atomic E-state index is 14.2. The van der Waals surface area contributed by atoms with Gasteiger partial charge in [-0.2, -0.15) is 0 Å². The van der Waals surface area contributed by atoms with E-state index in [0.29, 0.717) is 29.2 Å². The van der Waals surface area contributed by atoms with Crippen LogP contribution in [-0.2, 0) is 12.0 Å². The van der Waals surface area contributed by atoms with Crippen LogP contribution in [0.2, 0.25) is 5.02 Å². The van der Waals surface area contributed by atoms with Gasteiger partial charge in [0.15, 0.2) is 0 Å². The molecule has 0 atom stereocenters. The molecule has 4 nitrogen and oxygen atoms in total. The van der Waals surface area contributed by atoms with Crippen LogP contribution in [0.3, 0.4) is 0 Å². The molecule has 1 aliphatic rings. The minimum Gasteiger partial charge on any atom is -0.386 e. The van der Waals surface area contributed by atoms with Crippen molar-refractivity contribution in [3.8, 4) is 0 Å². The second-order valence-corrected chi connectivity index (χ2v) is 6.52. The monoisotopic (exact) mass is 334 g/mol. The Bertz CT molecular complexity index is 787. The zero-order valence-electron chi connectivity index (χ0n) is 12.8. The number of carbonyl (C=O) groups is 1. The van der Waals surface area contributed by atoms with Gasteiger partial charge in [-0.15, -0.1) is 0 Å². The molecule has 0 bridgehead atoms. The minimum atomic E-state index is -1.43. The molecule has 0 aliphatic carbocycles. The first kappa shape index (κ1) is 15.9. The Labute approximate surface area is 138 Å². The predicted octanol–water partition coefficient (Wildman–Crippen LogP) is 3.30. The highest BCUT2D eigenvalue weighted by atomic mass is 35.5. The van der Waals surface area contributed by atoms with E-state index >= 15 is 0 Å². The lowest BCUT2D eigenvalue weighted by Gasteiger charge is -2.32. The van der Waals surface area contributed by atoms with Crippen molar-refractivity contribution in [2.24, 2.45) is 0 Å². The Kier molecular flexibility index (Phi) is 3.86. The quantitative estimate of drug-likeness (QED) is 0.916. The number of aromatic nitrogens is 1. The second kappa shape index (κ2) is 5.58. The summed E-state index contributed by atoms with van der Waals surface area (Å²) in [4.78, 5) is 18.1. The largest absolute Gasteiger partial charge is 0.386 e. The van der Waals surface area contributed by atoms with Crippen LogP contribution in [0.4, 0.5) is 10.1 Å². The molecule has 2 aromatic rings. The minimum absolute atomic E-state index is 0.0678. The third kappa shape index (κ3) is 2.82. The zero-order valence-corrected chi connectivity index (χ0v) is 13.6. The zero-order chi connectivity index (χ0) is 16.8. The molecular formula is C17H16ClFN2O2. The number of carbonyl (C=O) groups excluding carboxylic acids is 1. The first-order chi connectivity index (χ1) is 10.8. The number of pyridine rings is 1. The summed E-state index contributed by atoms with van der Waals surface area (Å²) in [7, 11) is 0. The SMILES string of the molecule is CC(C)(O)c1c(F)cncc1N1CCc2cc(Cl)ccc2C1=O. The van der Waals surface area contributed by atoms with E-state index in [2.05, 4.69) is 4.98 Å². The van der Waals surface area contributed by atoms with Crippen molar-refractivity contribution in [2.75, 3.05) is 11.4 Å². The van der Waals surface area contributed by atoms with Crippen LogP contribution in [0.25, 0.3) is 0 Å². The molecule has 0 saturated heterocycles. The van der Waals surface area contributed by atoms with Crippen molar-refractivity contribution in [2.45, 2.75) is 25.9 Å². The Morgan fingerprint density at radius 1 is 1.35 bits per heavy atom. The maximum Gasteiger partial charge on any atom is 0.258 e. The lowest BCUT2D eigenvalue weighted by Crippen LogP contribution is -2.39. The molecule has 1 aromatic carbocycles. The number of benzene rings is 1. The van der Waals surface area contributed by atoms with Gasteiger partial charge in [-0.05, 0) is 44.0 Å². The Balaban J connectivity index is 2.10. The maximum absolute atomic E-state index is 14.2. The van der Waals surface area contributed by atoms with Gasteiger partial charge >= 0.3 is 0 Å². The van der Waals surface area contributed by atoms with Crippen molar-refractivity contribution >= 4 is 23.2 Å². The van der Waals surface area contributed by atoms with Gasteiger partial charge in [0.05, 0.1) is 23.7 Å². The number of halogens is 2. The lowest BCUT2D eigenvalue weighted by atomic mass is 9.94. The molecule has 0 fully saturated rings. The molecule has 1 aliphatic heterocycles. The first-order valence-corrected chi connectivity index (χ1v) is 7.63. The molecule has 0 radical (unpaired) electrons. The highest BCUT2D eigenvalue weighted by Gasteiger charge is 2.32. The topological polar surface area (TPSA) is 53.4 Å². The van der Waals surface area contributed by atoms with Crippen LogP contribution in [0, 0.1) is 5.82 Å². The van der Waals surface area contributed by atoms with Crippen LogP contribution < -0.4 is 4.90 Å². The first-order valence-electron chi connectivity index (χ1n) is 7.25. The van der Waals surface area contributed by atoms with E-state index in [9.17, 15) is 14.3 Å². The summed E-state index contributed by atoms with van der Waals surface area (Å²) in [5, 5.41) is 10.9. The van der Waals surface area contributed by atoms with Crippen LogP contribution in [0.15, 0.2) is 30.6 Å². The fourth-order valence-electron chi connectivity index (χ4n) is 2.92. The molecule has 1 aromatic heterocycles. The standard InChI is InChI=1S/C17H16ClFN2O2/c1-17(2,23)15-13(19)8-20-9-14(15)21-6-5-10-7-11(18)3-4-12(10)16(21)22/h3-4,7-9,23H,5-6H2,1-2H3. The molecular weight excluding hydrogens is 319 g/mol. The lowest BCUT2D eigenvalue weighted by molar-refractivity contribution is 0.0746. The van der Waals surface area contributed by atoms with Gasteiger partial charge < -0.3 is 10.0 Å². The van der Waals surface area contributed by atoms with E-state index in [-0.39, 0.29) is 11.5 Å². The number of amides is 1. The van der Waals surface area contributed by atoms with Crippen molar-refractivity contribution in [1.82, 2.24) is 4.98 Å². The van der Waals surface area contributed by atoms with Crippen molar-refractivity contribution in [1.29, 1.82) is 0 Å². The number of hydrogen-bond donors (Lipinski definition) is 1. The van der Waals surface area contributed by atoms with Gasteiger partial charge in [-0.25, -0.2) is 4.39 Å². The van der Waals surface area contributed by atoms with Crippen LogP contribution in [0.5, 0.6) is 0 Å². The normalized spacial score (nSPS) is 14.8. The molecule has 23 heavy (non-hydrogen) atoms. The van der Waals surface area contributed by atoms with Crippen molar-refractivity contribution in [3.63, 3.8) is 0 Å². The number of nitrogens with zero attached hydrogens (tertiary/aromatic N) is 2. The van der Waals surface area contributed by atoms with Gasteiger partial charge in [0, 0.05) is 22.7 Å². The average molecular weight is 335 g/mol. The van der Waals surface area contributed by atoms with Crippen molar-refractivity contribution < 1.29 is 14.3 Å². The van der Waals surface area contributed by atoms with Gasteiger partial charge in [-0.3, -0.25) is 9.78 Å². The van der Waals surface area contributed by atoms with Crippen LogP contribution in [0.1, 0.15) is 35.3 Å². The molecule has 2 heterocycles. The molecule has 3 rings (SSSR count). The number of rotatable bonds is 2. The molecule has 120 valence electrons. The third-order valence-electron chi connectivity index (χ3n) is 3.93. The molecule has 0 saturated carbocycles. The van der Waals surface area contributed by atoms with Gasteiger partial charge in [0.1, 0.15) is 5.82 Å². The van der Waals surface area contributed by atoms with Gasteiger partial charge in [0.2, 0.25) is 0 Å². The van der Waals surface area contributed by atoms with Crippen LogP contribution in [-0.4, -0.2) is 22.5 Å². The van der Waals surface area contributed by atoms with E-state index in [1.54, 1.807) is 18.2 Å². The fraction of sp³-hybridized carbons (Fsp3) is 0.294. The summed E-state index contributed by atoms with van der Waals surface area (Å²) >= 11 is 5.97. The molecule has 1 N–H and O–H groups in total. The van der Waals surface area contributed by atoms with E-state index in [1.165, 1.54) is 24.9 Å². The summed E-state index contributed by atoms with van der Waals surface area (Å²) in [6.07, 6.45) is 3.05. The van der Waals surface area contributed by atoms with Gasteiger partial charge in [0.25, 0.3) is 5.91 Å². The number of hydrogen-bond acceptors (Lipinski definition) is 3. The number of aliphatic hydroxyl groups is 1. The summed E-state index contributed by atoms with van der Waals surface area (Å²) in [5.41, 5.74) is 0.337. The van der Waals surface area contributed by atoms with E-state index in [0.717, 1.165) is 11.8 Å². The molecule has 0 unspecified atom stereocenters. The van der Waals surface area contributed by atoms with E-state index < -0.39 is 11.4 Å². The predicted molar refractivity (Wildman–Crippen MR) is 86.3 cm³/mol. The third-order valence-corrected chi connectivity index (χ3v) is 4.16. The van der Waals surface area contributed by atoms with E-state index in [4.69, 9.17) is 11.6 Å². The van der Waals surface area contributed by atoms with Gasteiger partial charge in [-0.1, -0.05) is 11.6 Å². The smallest absolute Gasteiger partial charge is 0.258 e. The molecule has 6 heteroatoms. The second-order valence-electron chi connectivity index (χ2n) is 6.08. The summed E-state index contributed by atoms with van der Waals surface area (Å²) in [5.74, 6) is -0.884. The summed E-state index contributed by atoms with van der Waals surface area (Å²) in [6, 6.07) is 5.10. The Hall–Kier alpha value is -1.98. The summed E-state index contributed by atoms with van der Waals surface area (Å²) in [6.45, 7) is 3.34. The average Bonchev–Trinajstić information content (AvgIpc) is 2.45. The molecule has 0 spiro atoms. The van der Waals surface area contributed by atoms with Crippen LogP contribution >= 0.6 is 11.6 Å². The Morgan fingerprint density at radius 3 is 2.78 bits per heavy atom. The van der Waals surface area contributed by atoms with Crippen molar-refractivity contribution in [3.05, 3.63) is 58.1 Å². The summed E-state index contributed by atoms with van der Waals surface area (Å²) < 4.78 is 14.2. The molecule has 1 amide bonds. The highest BCUT2D eigenvalue weighted by Crippen LogP contribution is 2.34. The number of anilines is 1. The highest BCUT2D eigenvalue weighted by molar-refractivity contribution is 6.30. The number of fused-ring (bicyclic) bond motifs is 1. The fourth-order valence-corrected chi connectivity index (χ4v) is 3.12. The Morgan fingerprint density at radius 2 is 2.09 bits per heavy atom. The van der Waals surface area contributed by atoms with E-state index in [1.807, 2.05) is 0 Å².